The molecule has 3 amide bonds. The second kappa shape index (κ2) is 9.52. The van der Waals surface area contributed by atoms with Crippen LogP contribution in [0.15, 0.2) is 42.5 Å². The molecular weight excluding hydrogens is 342 g/mol. The van der Waals surface area contributed by atoms with Crippen molar-refractivity contribution < 1.29 is 14.4 Å². The van der Waals surface area contributed by atoms with E-state index in [4.69, 9.17) is 0 Å². The first-order chi connectivity index (χ1) is 12.9. The highest BCUT2D eigenvalue weighted by atomic mass is 16.2. The van der Waals surface area contributed by atoms with E-state index in [-0.39, 0.29) is 17.7 Å². The van der Waals surface area contributed by atoms with Crippen LogP contribution in [0.2, 0.25) is 0 Å². The van der Waals surface area contributed by atoms with Crippen molar-refractivity contribution in [1.82, 2.24) is 10.6 Å². The minimum absolute atomic E-state index is 0.0480. The van der Waals surface area contributed by atoms with Gasteiger partial charge >= 0.3 is 0 Å². The molecule has 0 atom stereocenters. The molecule has 0 saturated heterocycles. The van der Waals surface area contributed by atoms with Crippen LogP contribution in [0.25, 0.3) is 0 Å². The monoisotopic (exact) mass is 367 g/mol. The van der Waals surface area contributed by atoms with Gasteiger partial charge in [-0.2, -0.15) is 0 Å². The maximum atomic E-state index is 12.3. The largest absolute Gasteiger partial charge is 0.354 e. The minimum Gasteiger partial charge on any atom is -0.354 e. The van der Waals surface area contributed by atoms with Gasteiger partial charge in [-0.25, -0.2) is 0 Å². The van der Waals surface area contributed by atoms with E-state index in [1.165, 1.54) is 0 Å². The SMILES string of the molecule is CCC(=O)NCCNC(=O)c1ccc(NC(=O)c2ccc(C)c(C)c2)cc1. The molecule has 6 nitrogen and oxygen atoms in total. The number of anilines is 1. The number of carbonyl (C=O) groups is 3. The van der Waals surface area contributed by atoms with Crippen LogP contribution >= 0.6 is 0 Å². The van der Waals surface area contributed by atoms with Crippen molar-refractivity contribution in [3.8, 4) is 0 Å². The zero-order chi connectivity index (χ0) is 19.8. The summed E-state index contributed by atoms with van der Waals surface area (Å²) in [6, 6.07) is 12.2. The first-order valence-electron chi connectivity index (χ1n) is 8.94. The first kappa shape index (κ1) is 20.2. The Labute approximate surface area is 159 Å². The van der Waals surface area contributed by atoms with Crippen molar-refractivity contribution in [2.24, 2.45) is 0 Å². The van der Waals surface area contributed by atoms with Gasteiger partial charge in [-0.3, -0.25) is 14.4 Å². The number of hydrogen-bond donors (Lipinski definition) is 3. The average Bonchev–Trinajstić information content (AvgIpc) is 2.67. The maximum Gasteiger partial charge on any atom is 0.255 e. The second-order valence-corrected chi connectivity index (χ2v) is 6.29. The van der Waals surface area contributed by atoms with Crippen molar-refractivity contribution in [3.63, 3.8) is 0 Å². The van der Waals surface area contributed by atoms with Gasteiger partial charge in [0.25, 0.3) is 11.8 Å². The fourth-order valence-corrected chi connectivity index (χ4v) is 2.40. The van der Waals surface area contributed by atoms with Crippen molar-refractivity contribution in [2.75, 3.05) is 18.4 Å². The Bertz CT molecular complexity index is 829. The number of aryl methyl sites for hydroxylation is 2. The molecule has 0 aliphatic rings. The molecule has 0 radical (unpaired) electrons. The second-order valence-electron chi connectivity index (χ2n) is 6.29. The van der Waals surface area contributed by atoms with Gasteiger partial charge in [0.05, 0.1) is 0 Å². The van der Waals surface area contributed by atoms with Crippen LogP contribution in [0.1, 0.15) is 45.2 Å². The molecule has 0 heterocycles. The van der Waals surface area contributed by atoms with E-state index in [1.54, 1.807) is 37.3 Å². The van der Waals surface area contributed by atoms with Gasteiger partial charge in [-0.05, 0) is 61.4 Å². The summed E-state index contributed by atoms with van der Waals surface area (Å²) >= 11 is 0. The predicted molar refractivity (Wildman–Crippen MR) is 106 cm³/mol. The summed E-state index contributed by atoms with van der Waals surface area (Å²) in [6.07, 6.45) is 0.420. The van der Waals surface area contributed by atoms with E-state index < -0.39 is 0 Å². The third kappa shape index (κ3) is 5.95. The van der Waals surface area contributed by atoms with Gasteiger partial charge in [0.15, 0.2) is 0 Å². The Morgan fingerprint density at radius 2 is 1.41 bits per heavy atom. The number of carbonyl (C=O) groups excluding carboxylic acids is 3. The summed E-state index contributed by atoms with van der Waals surface area (Å²) < 4.78 is 0. The lowest BCUT2D eigenvalue weighted by Gasteiger charge is -2.09. The van der Waals surface area contributed by atoms with E-state index in [9.17, 15) is 14.4 Å². The smallest absolute Gasteiger partial charge is 0.255 e. The van der Waals surface area contributed by atoms with Crippen LogP contribution in [0, 0.1) is 13.8 Å². The molecule has 0 unspecified atom stereocenters. The molecule has 0 aromatic heterocycles. The molecule has 0 bridgehead atoms. The zero-order valence-electron chi connectivity index (χ0n) is 15.9. The van der Waals surface area contributed by atoms with Crippen molar-refractivity contribution >= 4 is 23.4 Å². The van der Waals surface area contributed by atoms with Gasteiger partial charge in [-0.1, -0.05) is 13.0 Å². The Morgan fingerprint density at radius 3 is 2.04 bits per heavy atom. The number of nitrogens with one attached hydrogen (secondary N) is 3. The number of amides is 3. The van der Waals surface area contributed by atoms with Crippen LogP contribution in [-0.2, 0) is 4.79 Å². The third-order valence-corrected chi connectivity index (χ3v) is 4.23. The Balaban J connectivity index is 1.88. The van der Waals surface area contributed by atoms with Gasteiger partial charge in [-0.15, -0.1) is 0 Å². The average molecular weight is 367 g/mol. The molecule has 2 aromatic rings. The van der Waals surface area contributed by atoms with Gasteiger partial charge in [0.2, 0.25) is 5.91 Å². The Hall–Kier alpha value is -3.15. The van der Waals surface area contributed by atoms with Gasteiger partial charge in [0.1, 0.15) is 0 Å². The summed E-state index contributed by atoms with van der Waals surface area (Å²) in [5.74, 6) is -0.470. The zero-order valence-corrected chi connectivity index (χ0v) is 15.9. The molecule has 0 saturated carbocycles. The number of benzene rings is 2. The van der Waals surface area contributed by atoms with E-state index in [1.807, 2.05) is 26.0 Å². The van der Waals surface area contributed by atoms with Crippen LogP contribution in [-0.4, -0.2) is 30.8 Å². The van der Waals surface area contributed by atoms with Crippen LogP contribution in [0.5, 0.6) is 0 Å². The Kier molecular flexibility index (Phi) is 7.11. The minimum atomic E-state index is -0.229. The van der Waals surface area contributed by atoms with Crippen LogP contribution in [0.4, 0.5) is 5.69 Å². The molecule has 2 aromatic carbocycles. The lowest BCUT2D eigenvalue weighted by atomic mass is 10.1. The van der Waals surface area contributed by atoms with Gasteiger partial charge < -0.3 is 16.0 Å². The lowest BCUT2D eigenvalue weighted by Crippen LogP contribution is -2.34. The highest BCUT2D eigenvalue weighted by Gasteiger charge is 2.09. The third-order valence-electron chi connectivity index (χ3n) is 4.23. The van der Waals surface area contributed by atoms with Gasteiger partial charge in [0, 0.05) is 36.3 Å². The quantitative estimate of drug-likeness (QED) is 0.658. The Morgan fingerprint density at radius 1 is 0.778 bits per heavy atom. The first-order valence-corrected chi connectivity index (χ1v) is 8.94. The van der Waals surface area contributed by atoms with Crippen LogP contribution in [0.3, 0.4) is 0 Å². The van der Waals surface area contributed by atoms with Crippen molar-refractivity contribution in [2.45, 2.75) is 27.2 Å². The summed E-state index contributed by atoms with van der Waals surface area (Å²) in [7, 11) is 0. The summed E-state index contributed by atoms with van der Waals surface area (Å²) in [6.45, 7) is 6.48. The van der Waals surface area contributed by atoms with E-state index in [0.29, 0.717) is 36.3 Å². The van der Waals surface area contributed by atoms with E-state index >= 15 is 0 Å². The summed E-state index contributed by atoms with van der Waals surface area (Å²) in [5, 5.41) is 8.25. The summed E-state index contributed by atoms with van der Waals surface area (Å²) in [4.78, 5) is 35.5. The highest BCUT2D eigenvalue weighted by molar-refractivity contribution is 6.04. The van der Waals surface area contributed by atoms with E-state index in [0.717, 1.165) is 11.1 Å². The number of hydrogen-bond acceptors (Lipinski definition) is 3. The van der Waals surface area contributed by atoms with Crippen molar-refractivity contribution in [1.29, 1.82) is 0 Å². The molecule has 3 N–H and O–H groups in total. The molecular formula is C21H25N3O3. The fraction of sp³-hybridized carbons (Fsp3) is 0.286. The molecule has 6 heteroatoms. The molecule has 2 rings (SSSR count). The van der Waals surface area contributed by atoms with E-state index in [2.05, 4.69) is 16.0 Å². The maximum absolute atomic E-state index is 12.3. The summed E-state index contributed by atoms with van der Waals surface area (Å²) in [5.41, 5.74) is 3.89. The molecule has 0 aliphatic carbocycles. The fourth-order valence-electron chi connectivity index (χ4n) is 2.40. The highest BCUT2D eigenvalue weighted by Crippen LogP contribution is 2.14. The molecule has 27 heavy (non-hydrogen) atoms. The standard InChI is InChI=1S/C21H25N3O3/c1-4-19(25)22-11-12-23-20(26)16-7-9-18(10-8-16)24-21(27)17-6-5-14(2)15(3)13-17/h5-10,13H,4,11-12H2,1-3H3,(H,22,25)(H,23,26)(H,24,27). The molecule has 0 aliphatic heterocycles. The number of rotatable bonds is 7. The van der Waals surface area contributed by atoms with Crippen LogP contribution < -0.4 is 16.0 Å². The predicted octanol–water partition coefficient (Wildman–Crippen LogP) is 2.81. The molecule has 0 fully saturated rings. The van der Waals surface area contributed by atoms with Crippen molar-refractivity contribution in [3.05, 3.63) is 64.7 Å². The molecule has 0 spiro atoms. The lowest BCUT2D eigenvalue weighted by molar-refractivity contribution is -0.120. The topological polar surface area (TPSA) is 87.3 Å². The normalized spacial score (nSPS) is 10.2. The molecule has 142 valence electrons.